The van der Waals surface area contributed by atoms with E-state index in [2.05, 4.69) is 68.2 Å². The van der Waals surface area contributed by atoms with Gasteiger partial charge in [0.1, 0.15) is 34.6 Å². The first-order valence-corrected chi connectivity index (χ1v) is 18.9. The summed E-state index contributed by atoms with van der Waals surface area (Å²) in [5.74, 6) is 1.94. The van der Waals surface area contributed by atoms with Crippen molar-refractivity contribution in [1.29, 1.82) is 0 Å². The number of methoxy groups -OCH3 is 2. The largest absolute Gasteiger partial charge is 0.497 e. The number of hydrogen-bond acceptors (Lipinski definition) is 9. The highest BCUT2D eigenvalue weighted by Crippen LogP contribution is 2.49. The number of likely N-dealkylation sites (tertiary alicyclic amines) is 1. The first-order chi connectivity index (χ1) is 26.3. The monoisotopic (exact) mass is 790 g/mol. The summed E-state index contributed by atoms with van der Waals surface area (Å²) in [6.45, 7) is 3.74. The predicted molar refractivity (Wildman–Crippen MR) is 209 cm³/mol. The molecule has 2 fully saturated rings. The first-order valence-electron chi connectivity index (χ1n) is 18.1. The van der Waals surface area contributed by atoms with Crippen molar-refractivity contribution in [2.45, 2.75) is 45.0 Å². The van der Waals surface area contributed by atoms with Crippen molar-refractivity contribution < 1.29 is 18.6 Å². The molecule has 7 aromatic rings. The minimum absolute atomic E-state index is 0.0222. The molecule has 1 saturated heterocycles. The van der Waals surface area contributed by atoms with Crippen LogP contribution in [0.25, 0.3) is 27.5 Å². The maximum atomic E-state index is 16.3. The Bertz CT molecular complexity index is 2430. The Morgan fingerprint density at radius 3 is 2.30 bits per heavy atom. The van der Waals surface area contributed by atoms with E-state index in [9.17, 15) is 0 Å². The smallest absolute Gasteiger partial charge is 0.319 e. The van der Waals surface area contributed by atoms with Crippen LogP contribution in [0.2, 0.25) is 0 Å². The van der Waals surface area contributed by atoms with Gasteiger partial charge in [0, 0.05) is 49.2 Å². The zero-order chi connectivity index (χ0) is 37.0. The van der Waals surface area contributed by atoms with Crippen LogP contribution in [-0.2, 0) is 19.6 Å². The third-order valence-corrected chi connectivity index (χ3v) is 11.8. The minimum atomic E-state index is -0.470. The second-order valence-electron chi connectivity index (χ2n) is 14.6. The van der Waals surface area contributed by atoms with E-state index in [4.69, 9.17) is 29.2 Å². The molecule has 1 aliphatic heterocycles. The van der Waals surface area contributed by atoms with E-state index in [-0.39, 0.29) is 23.0 Å². The van der Waals surface area contributed by atoms with Gasteiger partial charge in [-0.15, -0.1) is 0 Å². The molecule has 1 spiro atoms. The van der Waals surface area contributed by atoms with Crippen LogP contribution in [-0.4, -0.2) is 74.5 Å². The summed E-state index contributed by atoms with van der Waals surface area (Å²) in [5, 5.41) is 5.81. The summed E-state index contributed by atoms with van der Waals surface area (Å²) in [6.07, 6.45) is 10.3. The fraction of sp³-hybridized carbons (Fsp3) is 0.317. The van der Waals surface area contributed by atoms with E-state index in [0.29, 0.717) is 40.5 Å². The summed E-state index contributed by atoms with van der Waals surface area (Å²) in [5.41, 5.74) is 4.91. The average molecular weight is 792 g/mol. The lowest BCUT2D eigenvalue weighted by Gasteiger charge is -2.44. The normalized spacial score (nSPS) is 18.5. The van der Waals surface area contributed by atoms with Gasteiger partial charge in [-0.25, -0.2) is 13.9 Å². The van der Waals surface area contributed by atoms with Crippen LogP contribution < -0.4 is 19.1 Å². The number of halogens is 2. The molecule has 13 heteroatoms. The van der Waals surface area contributed by atoms with E-state index in [1.54, 1.807) is 24.9 Å². The lowest BCUT2D eigenvalue weighted by molar-refractivity contribution is -0.0116. The number of rotatable bonds is 11. The summed E-state index contributed by atoms with van der Waals surface area (Å²) in [7, 11) is 5.51. The molecule has 11 nitrogen and oxygen atoms in total. The van der Waals surface area contributed by atoms with Gasteiger partial charge in [-0.05, 0) is 95.7 Å². The van der Waals surface area contributed by atoms with Crippen molar-refractivity contribution in [2.75, 3.05) is 39.3 Å². The molecular formula is C41H40BrFN8O3. The van der Waals surface area contributed by atoms with E-state index < -0.39 is 5.82 Å². The average Bonchev–Trinajstić information content (AvgIpc) is 3.75. The van der Waals surface area contributed by atoms with Crippen LogP contribution in [0.5, 0.6) is 17.5 Å². The van der Waals surface area contributed by atoms with E-state index in [1.807, 2.05) is 53.5 Å². The molecule has 4 aromatic heterocycles. The van der Waals surface area contributed by atoms with E-state index >= 15 is 4.39 Å². The second-order valence-corrected chi connectivity index (χ2v) is 15.4. The molecule has 276 valence electrons. The lowest BCUT2D eigenvalue weighted by Crippen LogP contribution is -2.45. The molecule has 0 unspecified atom stereocenters. The summed E-state index contributed by atoms with van der Waals surface area (Å²) in [6, 6.07) is 20.4. The van der Waals surface area contributed by atoms with Crippen LogP contribution in [0.15, 0.2) is 89.9 Å². The van der Waals surface area contributed by atoms with E-state index in [1.165, 1.54) is 0 Å². The lowest BCUT2D eigenvalue weighted by atomic mass is 9.66. The highest BCUT2D eigenvalue weighted by Gasteiger charge is 2.49. The van der Waals surface area contributed by atoms with Gasteiger partial charge < -0.3 is 28.6 Å². The van der Waals surface area contributed by atoms with Crippen LogP contribution in [0.1, 0.15) is 36.0 Å². The number of anilines is 1. The second kappa shape index (κ2) is 13.9. The van der Waals surface area contributed by atoms with Crippen LogP contribution >= 0.6 is 15.9 Å². The van der Waals surface area contributed by atoms with Gasteiger partial charge in [0.25, 0.3) is 0 Å². The van der Waals surface area contributed by atoms with E-state index in [0.717, 1.165) is 71.9 Å². The molecule has 0 bridgehead atoms. The standard InChI is InChI=1S/C41H40BrFN8O3/c1-48-16-14-41(25-48)19-31(20-41)54-40-46-36-33-37-32(34(42)35(36)43)21-45-51(37)18-17-49(39(33)47-40)24-28-5-4-15-44-38(28)50(22-26-6-10-29(52-2)11-7-26)23-27-8-12-30(53-3)13-9-27/h4-13,15,17-18,21,31H,14,16,19-20,22-25H2,1-3H3. The molecule has 0 N–H and O–H groups in total. The third kappa shape index (κ3) is 6.28. The Morgan fingerprint density at radius 2 is 1.65 bits per heavy atom. The van der Waals surface area contributed by atoms with Gasteiger partial charge in [0.2, 0.25) is 0 Å². The maximum absolute atomic E-state index is 16.3. The Balaban J connectivity index is 1.13. The molecule has 1 saturated carbocycles. The Hall–Kier alpha value is -5.27. The Labute approximate surface area is 320 Å². The van der Waals surface area contributed by atoms with Crippen molar-refractivity contribution in [3.8, 4) is 17.5 Å². The quantitative estimate of drug-likeness (QED) is 0.131. The maximum Gasteiger partial charge on any atom is 0.319 e. The molecule has 2 aliphatic rings. The van der Waals surface area contributed by atoms with Gasteiger partial charge in [-0.1, -0.05) is 30.3 Å². The van der Waals surface area contributed by atoms with Crippen molar-refractivity contribution in [2.24, 2.45) is 5.41 Å². The molecule has 0 amide bonds. The van der Waals surface area contributed by atoms with Gasteiger partial charge >= 0.3 is 6.01 Å². The van der Waals surface area contributed by atoms with Crippen LogP contribution in [0.4, 0.5) is 10.2 Å². The Morgan fingerprint density at radius 1 is 0.944 bits per heavy atom. The van der Waals surface area contributed by atoms with Gasteiger partial charge in [0.05, 0.1) is 42.3 Å². The fourth-order valence-electron chi connectivity index (χ4n) is 8.28. The summed E-state index contributed by atoms with van der Waals surface area (Å²) >= 11 is 3.50. The first kappa shape index (κ1) is 34.5. The summed E-state index contributed by atoms with van der Waals surface area (Å²) < 4.78 is 37.7. The minimum Gasteiger partial charge on any atom is -0.497 e. The predicted octanol–water partition coefficient (Wildman–Crippen LogP) is 7.66. The number of aromatic nitrogens is 6. The summed E-state index contributed by atoms with van der Waals surface area (Å²) in [4.78, 5) is 19.4. The highest BCUT2D eigenvalue weighted by molar-refractivity contribution is 9.10. The fourth-order valence-corrected chi connectivity index (χ4v) is 8.75. The van der Waals surface area contributed by atoms with Crippen molar-refractivity contribution >= 4 is 49.2 Å². The van der Waals surface area contributed by atoms with Crippen molar-refractivity contribution in [3.05, 3.63) is 112 Å². The molecule has 3 aromatic carbocycles. The SMILES string of the molecule is COc1ccc(CN(Cc2ccc(OC)cc2)c2ncccc2Cn2ccn3ncc4c(Br)c(F)c5nc(OC6CC7(CCN(C)C7)C6)nc2c5c43)cc1. The number of hydrogen-bond donors (Lipinski definition) is 0. The van der Waals surface area contributed by atoms with Gasteiger partial charge in [0.15, 0.2) is 5.82 Å². The molecule has 0 atom stereocenters. The molecule has 9 rings (SSSR count). The molecule has 5 heterocycles. The molecular weight excluding hydrogens is 751 g/mol. The number of pyridine rings is 1. The van der Waals surface area contributed by atoms with Gasteiger partial charge in [-0.3, -0.25) is 0 Å². The van der Waals surface area contributed by atoms with Crippen LogP contribution in [0.3, 0.4) is 0 Å². The zero-order valence-electron chi connectivity index (χ0n) is 30.4. The number of ether oxygens (including phenoxy) is 3. The third-order valence-electron chi connectivity index (χ3n) is 11.0. The van der Waals surface area contributed by atoms with Gasteiger partial charge in [-0.2, -0.15) is 15.1 Å². The van der Waals surface area contributed by atoms with Crippen molar-refractivity contribution in [1.82, 2.24) is 34.0 Å². The number of benzene rings is 3. The molecule has 0 radical (unpaired) electrons. The molecule has 1 aliphatic carbocycles. The Kier molecular flexibility index (Phi) is 8.85. The zero-order valence-corrected chi connectivity index (χ0v) is 32.0. The van der Waals surface area contributed by atoms with Crippen molar-refractivity contribution in [3.63, 3.8) is 0 Å². The highest BCUT2D eigenvalue weighted by atomic mass is 79.9. The molecule has 54 heavy (non-hydrogen) atoms. The number of nitrogens with zero attached hydrogens (tertiary/aromatic N) is 8. The topological polar surface area (TPSA) is 95.1 Å². The van der Waals surface area contributed by atoms with Crippen LogP contribution in [0, 0.1) is 11.2 Å².